The molecule has 0 spiro atoms. The molecule has 1 saturated heterocycles. The first-order valence-corrected chi connectivity index (χ1v) is 8.08. The minimum atomic E-state index is -0.435. The molecule has 1 aromatic rings. The van der Waals surface area contributed by atoms with Gasteiger partial charge in [-0.2, -0.15) is 0 Å². The number of benzene rings is 1. The largest absolute Gasteiger partial charge is 0.342 e. The zero-order valence-electron chi connectivity index (χ0n) is 11.7. The topological polar surface area (TPSA) is 20.3 Å². The van der Waals surface area contributed by atoms with E-state index in [9.17, 15) is 4.79 Å². The quantitative estimate of drug-likeness (QED) is 0.778. The molecule has 0 bridgehead atoms. The smallest absolute Gasteiger partial charge is 0.232 e. The molecule has 0 N–H and O–H groups in total. The number of carbonyl (C=O) groups excluding carboxylic acids is 1. The maximum atomic E-state index is 12.8. The Bertz CT molecular complexity index is 430. The molecule has 2 rings (SSSR count). The molecule has 1 aliphatic heterocycles. The third-order valence-corrected chi connectivity index (χ3v) is 4.97. The van der Waals surface area contributed by atoms with Crippen LogP contribution in [0, 0.1) is 5.92 Å². The van der Waals surface area contributed by atoms with Crippen molar-refractivity contribution in [3.05, 3.63) is 35.9 Å². The Morgan fingerprint density at radius 3 is 2.68 bits per heavy atom. The molecule has 3 heteroatoms. The van der Waals surface area contributed by atoms with E-state index < -0.39 is 5.41 Å². The first-order valence-electron chi connectivity index (χ1n) is 6.96. The SMILES string of the molecule is CC(C)(C(=O)N1CCCC(CBr)C1)c1ccccc1. The lowest BCUT2D eigenvalue weighted by molar-refractivity contribution is -0.138. The molecule has 104 valence electrons. The van der Waals surface area contributed by atoms with Crippen LogP contribution >= 0.6 is 15.9 Å². The number of rotatable bonds is 3. The average molecular weight is 324 g/mol. The number of hydrogen-bond acceptors (Lipinski definition) is 1. The molecule has 1 aromatic carbocycles. The van der Waals surface area contributed by atoms with Gasteiger partial charge in [0.1, 0.15) is 0 Å². The van der Waals surface area contributed by atoms with Gasteiger partial charge in [0.15, 0.2) is 0 Å². The van der Waals surface area contributed by atoms with Crippen molar-refractivity contribution in [2.24, 2.45) is 5.92 Å². The number of amides is 1. The Kier molecular flexibility index (Phi) is 4.67. The number of likely N-dealkylation sites (tertiary alicyclic amines) is 1. The van der Waals surface area contributed by atoms with Gasteiger partial charge < -0.3 is 4.90 Å². The summed E-state index contributed by atoms with van der Waals surface area (Å²) in [5, 5.41) is 0.989. The zero-order chi connectivity index (χ0) is 13.9. The van der Waals surface area contributed by atoms with Gasteiger partial charge in [-0.05, 0) is 38.2 Å². The van der Waals surface area contributed by atoms with Crippen molar-refractivity contribution >= 4 is 21.8 Å². The molecular weight excluding hydrogens is 302 g/mol. The minimum absolute atomic E-state index is 0.254. The number of halogens is 1. The highest BCUT2D eigenvalue weighted by Gasteiger charge is 2.35. The summed E-state index contributed by atoms with van der Waals surface area (Å²) in [5.41, 5.74) is 0.663. The maximum Gasteiger partial charge on any atom is 0.232 e. The lowest BCUT2D eigenvalue weighted by Crippen LogP contribution is -2.48. The second-order valence-corrected chi connectivity index (χ2v) is 6.55. The molecule has 0 radical (unpaired) electrons. The highest BCUT2D eigenvalue weighted by atomic mass is 79.9. The van der Waals surface area contributed by atoms with Crippen LogP contribution in [0.2, 0.25) is 0 Å². The van der Waals surface area contributed by atoms with E-state index >= 15 is 0 Å². The molecule has 0 aliphatic carbocycles. The van der Waals surface area contributed by atoms with E-state index in [2.05, 4.69) is 15.9 Å². The van der Waals surface area contributed by atoms with E-state index in [-0.39, 0.29) is 5.91 Å². The Hall–Kier alpha value is -0.830. The van der Waals surface area contributed by atoms with Gasteiger partial charge in [-0.1, -0.05) is 46.3 Å². The molecule has 1 fully saturated rings. The molecule has 1 unspecified atom stereocenters. The molecule has 19 heavy (non-hydrogen) atoms. The molecular formula is C16H22BrNO. The standard InChI is InChI=1S/C16H22BrNO/c1-16(2,14-8-4-3-5-9-14)15(19)18-10-6-7-13(11-17)12-18/h3-5,8-9,13H,6-7,10-12H2,1-2H3. The van der Waals surface area contributed by atoms with Gasteiger partial charge in [0.05, 0.1) is 5.41 Å². The van der Waals surface area contributed by atoms with E-state index in [0.29, 0.717) is 5.92 Å². The van der Waals surface area contributed by atoms with Gasteiger partial charge in [0.25, 0.3) is 0 Å². The lowest BCUT2D eigenvalue weighted by atomic mass is 9.82. The summed E-state index contributed by atoms with van der Waals surface area (Å²) in [7, 11) is 0. The van der Waals surface area contributed by atoms with Crippen LogP contribution in [-0.4, -0.2) is 29.2 Å². The number of carbonyl (C=O) groups is 1. The minimum Gasteiger partial charge on any atom is -0.342 e. The highest BCUT2D eigenvalue weighted by molar-refractivity contribution is 9.09. The second kappa shape index (κ2) is 6.08. The molecule has 1 atom stereocenters. The molecule has 0 saturated carbocycles. The first-order chi connectivity index (χ1) is 9.05. The van der Waals surface area contributed by atoms with Crippen LogP contribution in [0.5, 0.6) is 0 Å². The van der Waals surface area contributed by atoms with Crippen LogP contribution in [0.4, 0.5) is 0 Å². The predicted octanol–water partition coefficient (Wildman–Crippen LogP) is 3.60. The van der Waals surface area contributed by atoms with Crippen molar-refractivity contribution < 1.29 is 4.79 Å². The molecule has 2 nitrogen and oxygen atoms in total. The number of alkyl halides is 1. The average Bonchev–Trinajstić information content (AvgIpc) is 2.47. The van der Waals surface area contributed by atoms with Gasteiger partial charge in [-0.25, -0.2) is 0 Å². The van der Waals surface area contributed by atoms with Crippen molar-refractivity contribution in [2.45, 2.75) is 32.1 Å². The Morgan fingerprint density at radius 2 is 2.05 bits per heavy atom. The number of hydrogen-bond donors (Lipinski definition) is 0. The fourth-order valence-corrected chi connectivity index (χ4v) is 3.28. The monoisotopic (exact) mass is 323 g/mol. The van der Waals surface area contributed by atoms with Crippen LogP contribution in [-0.2, 0) is 10.2 Å². The van der Waals surface area contributed by atoms with Crippen LogP contribution in [0.3, 0.4) is 0 Å². The van der Waals surface area contributed by atoms with Gasteiger partial charge in [-0.3, -0.25) is 4.79 Å². The fraction of sp³-hybridized carbons (Fsp3) is 0.562. The third kappa shape index (κ3) is 3.19. The van der Waals surface area contributed by atoms with Gasteiger partial charge in [-0.15, -0.1) is 0 Å². The molecule has 1 heterocycles. The number of nitrogens with zero attached hydrogens (tertiary/aromatic N) is 1. The van der Waals surface area contributed by atoms with Crippen molar-refractivity contribution in [1.29, 1.82) is 0 Å². The van der Waals surface area contributed by atoms with Gasteiger partial charge in [0, 0.05) is 18.4 Å². The number of piperidine rings is 1. The van der Waals surface area contributed by atoms with Crippen LogP contribution in [0.25, 0.3) is 0 Å². The molecule has 1 aliphatic rings. The van der Waals surface area contributed by atoms with E-state index in [4.69, 9.17) is 0 Å². The van der Waals surface area contributed by atoms with Crippen LogP contribution in [0.15, 0.2) is 30.3 Å². The summed E-state index contributed by atoms with van der Waals surface area (Å²) in [4.78, 5) is 14.8. The summed E-state index contributed by atoms with van der Waals surface area (Å²) >= 11 is 3.54. The predicted molar refractivity (Wildman–Crippen MR) is 82.6 cm³/mol. The zero-order valence-corrected chi connectivity index (χ0v) is 13.3. The lowest BCUT2D eigenvalue weighted by Gasteiger charge is -2.37. The van der Waals surface area contributed by atoms with Crippen LogP contribution < -0.4 is 0 Å². The van der Waals surface area contributed by atoms with E-state index in [1.165, 1.54) is 6.42 Å². The van der Waals surface area contributed by atoms with Gasteiger partial charge in [0.2, 0.25) is 5.91 Å². The fourth-order valence-electron chi connectivity index (χ4n) is 2.75. The van der Waals surface area contributed by atoms with Crippen molar-refractivity contribution in [3.8, 4) is 0 Å². The van der Waals surface area contributed by atoms with Crippen molar-refractivity contribution in [3.63, 3.8) is 0 Å². The normalized spacial score (nSPS) is 20.4. The molecule has 0 aromatic heterocycles. The van der Waals surface area contributed by atoms with Crippen LogP contribution in [0.1, 0.15) is 32.3 Å². The maximum absolute atomic E-state index is 12.8. The summed E-state index contributed by atoms with van der Waals surface area (Å²) in [6.07, 6.45) is 2.34. The Morgan fingerprint density at radius 1 is 1.37 bits per heavy atom. The van der Waals surface area contributed by atoms with Gasteiger partial charge >= 0.3 is 0 Å². The highest BCUT2D eigenvalue weighted by Crippen LogP contribution is 2.28. The van der Waals surface area contributed by atoms with Crippen molar-refractivity contribution in [2.75, 3.05) is 18.4 Å². The second-order valence-electron chi connectivity index (χ2n) is 5.90. The summed E-state index contributed by atoms with van der Waals surface area (Å²) in [6.45, 7) is 5.85. The van der Waals surface area contributed by atoms with Crippen molar-refractivity contribution in [1.82, 2.24) is 4.90 Å². The van der Waals surface area contributed by atoms with E-state index in [0.717, 1.165) is 30.4 Å². The Labute approximate surface area is 124 Å². The summed E-state index contributed by atoms with van der Waals surface area (Å²) in [5.74, 6) is 0.855. The third-order valence-electron chi connectivity index (χ3n) is 4.05. The Balaban J connectivity index is 2.14. The first kappa shape index (κ1) is 14.6. The molecule has 1 amide bonds. The van der Waals surface area contributed by atoms with E-state index in [1.54, 1.807) is 0 Å². The summed E-state index contributed by atoms with van der Waals surface area (Å²) in [6, 6.07) is 10.1. The van der Waals surface area contributed by atoms with E-state index in [1.807, 2.05) is 49.1 Å². The summed E-state index contributed by atoms with van der Waals surface area (Å²) < 4.78 is 0.